The van der Waals surface area contributed by atoms with E-state index in [0.717, 1.165) is 10.5 Å². The Labute approximate surface area is 102 Å². The Morgan fingerprint density at radius 3 is 2.88 bits per heavy atom. The smallest absolute Gasteiger partial charge is 0.195 e. The molecule has 0 bridgehead atoms. The molecule has 3 aromatic rings. The fourth-order valence-corrected chi connectivity index (χ4v) is 2.41. The van der Waals surface area contributed by atoms with Crippen molar-refractivity contribution in [2.24, 2.45) is 0 Å². The van der Waals surface area contributed by atoms with E-state index in [-0.39, 0.29) is 0 Å². The van der Waals surface area contributed by atoms with Crippen LogP contribution in [0, 0.1) is 0 Å². The second-order valence-corrected chi connectivity index (χ2v) is 4.60. The van der Waals surface area contributed by atoms with Gasteiger partial charge in [-0.1, -0.05) is 18.2 Å². The lowest BCUT2D eigenvalue weighted by Crippen LogP contribution is -1.92. The van der Waals surface area contributed by atoms with E-state index in [0.29, 0.717) is 11.0 Å². The molecule has 3 N–H and O–H groups in total. The summed E-state index contributed by atoms with van der Waals surface area (Å²) in [6.07, 6.45) is 1.66. The Morgan fingerprint density at radius 1 is 1.18 bits per heavy atom. The zero-order valence-corrected chi connectivity index (χ0v) is 9.74. The van der Waals surface area contributed by atoms with Crippen molar-refractivity contribution in [3.63, 3.8) is 0 Å². The summed E-state index contributed by atoms with van der Waals surface area (Å²) in [4.78, 5) is 11.6. The van der Waals surface area contributed by atoms with Gasteiger partial charge in [-0.25, -0.2) is 9.97 Å². The van der Waals surface area contributed by atoms with E-state index in [1.165, 1.54) is 17.1 Å². The summed E-state index contributed by atoms with van der Waals surface area (Å²) in [5.41, 5.74) is 6.72. The van der Waals surface area contributed by atoms with Crippen LogP contribution in [0.4, 0.5) is 5.82 Å². The van der Waals surface area contributed by atoms with Crippen molar-refractivity contribution in [2.45, 2.75) is 10.2 Å². The molecule has 0 amide bonds. The van der Waals surface area contributed by atoms with Crippen molar-refractivity contribution >= 4 is 28.5 Å². The average molecular weight is 242 g/mol. The molecule has 0 fully saturated rings. The normalized spacial score (nSPS) is 10.8. The quantitative estimate of drug-likeness (QED) is 0.678. The number of nitrogens with one attached hydrogen (secondary N) is 1. The highest BCUT2D eigenvalue weighted by molar-refractivity contribution is 7.99. The lowest BCUT2D eigenvalue weighted by atomic mass is 10.3. The van der Waals surface area contributed by atoms with Gasteiger partial charge in [-0.3, -0.25) is 0 Å². The molecule has 4 nitrogen and oxygen atoms in total. The number of H-pyrrole nitrogens is 1. The fourth-order valence-electron chi connectivity index (χ4n) is 1.60. The first-order valence-corrected chi connectivity index (χ1v) is 5.97. The number of aromatic nitrogens is 3. The first-order valence-electron chi connectivity index (χ1n) is 5.15. The van der Waals surface area contributed by atoms with Crippen LogP contribution >= 0.6 is 11.8 Å². The molecule has 2 heterocycles. The monoisotopic (exact) mass is 242 g/mol. The zero-order valence-electron chi connectivity index (χ0n) is 8.92. The van der Waals surface area contributed by atoms with Gasteiger partial charge in [0.05, 0.1) is 5.03 Å². The van der Waals surface area contributed by atoms with Crippen molar-refractivity contribution in [3.8, 4) is 0 Å². The van der Waals surface area contributed by atoms with Crippen LogP contribution in [0.15, 0.2) is 52.8 Å². The molecular weight excluding hydrogens is 232 g/mol. The van der Waals surface area contributed by atoms with E-state index in [1.54, 1.807) is 12.3 Å². The third-order valence-electron chi connectivity index (χ3n) is 2.36. The number of nitrogens with two attached hydrogens (primary N) is 1. The van der Waals surface area contributed by atoms with Crippen LogP contribution in [-0.2, 0) is 0 Å². The summed E-state index contributed by atoms with van der Waals surface area (Å²) in [6, 6.07) is 11.9. The maximum absolute atomic E-state index is 5.61. The number of rotatable bonds is 2. The van der Waals surface area contributed by atoms with E-state index in [9.17, 15) is 0 Å². The third kappa shape index (κ3) is 2.09. The molecule has 0 aliphatic carbocycles. The SMILES string of the molecule is Nc1ccnc(Sc2cc3ccccc3[nH]2)n1. The molecule has 0 radical (unpaired) electrons. The zero-order chi connectivity index (χ0) is 11.7. The Balaban J connectivity index is 1.94. The largest absolute Gasteiger partial charge is 0.384 e. The summed E-state index contributed by atoms with van der Waals surface area (Å²) in [7, 11) is 0. The molecule has 0 unspecified atom stereocenters. The van der Waals surface area contributed by atoms with Gasteiger partial charge in [0.25, 0.3) is 0 Å². The van der Waals surface area contributed by atoms with Gasteiger partial charge < -0.3 is 10.7 Å². The third-order valence-corrected chi connectivity index (χ3v) is 3.18. The van der Waals surface area contributed by atoms with Gasteiger partial charge in [0.15, 0.2) is 5.16 Å². The number of nitrogen functional groups attached to an aromatic ring is 1. The molecule has 0 saturated carbocycles. The van der Waals surface area contributed by atoms with Crippen molar-refractivity contribution < 1.29 is 0 Å². The molecule has 0 atom stereocenters. The summed E-state index contributed by atoms with van der Waals surface area (Å²) < 4.78 is 0. The first-order chi connectivity index (χ1) is 8.31. The van der Waals surface area contributed by atoms with Crippen molar-refractivity contribution in [3.05, 3.63) is 42.6 Å². The summed E-state index contributed by atoms with van der Waals surface area (Å²) >= 11 is 1.47. The number of benzene rings is 1. The average Bonchev–Trinajstić information content (AvgIpc) is 2.71. The van der Waals surface area contributed by atoms with Crippen molar-refractivity contribution in [2.75, 3.05) is 5.73 Å². The summed E-state index contributed by atoms with van der Waals surface area (Å²) in [6.45, 7) is 0. The van der Waals surface area contributed by atoms with Gasteiger partial charge in [0.2, 0.25) is 0 Å². The van der Waals surface area contributed by atoms with Crippen LogP contribution < -0.4 is 5.73 Å². The van der Waals surface area contributed by atoms with Crippen LogP contribution in [0.2, 0.25) is 0 Å². The second-order valence-electron chi connectivity index (χ2n) is 3.59. The number of para-hydroxylation sites is 1. The fraction of sp³-hybridized carbons (Fsp3) is 0. The van der Waals surface area contributed by atoms with E-state index in [2.05, 4.69) is 27.1 Å². The maximum Gasteiger partial charge on any atom is 0.195 e. The van der Waals surface area contributed by atoms with E-state index in [4.69, 9.17) is 5.73 Å². The topological polar surface area (TPSA) is 67.6 Å². The maximum atomic E-state index is 5.61. The predicted octanol–water partition coefficient (Wildman–Crippen LogP) is 2.69. The van der Waals surface area contributed by atoms with Gasteiger partial charge in [0.1, 0.15) is 5.82 Å². The second kappa shape index (κ2) is 4.10. The van der Waals surface area contributed by atoms with Gasteiger partial charge in [-0.15, -0.1) is 0 Å². The molecule has 84 valence electrons. The lowest BCUT2D eigenvalue weighted by molar-refractivity contribution is 0.972. The number of hydrogen-bond donors (Lipinski definition) is 2. The van der Waals surface area contributed by atoms with Crippen LogP contribution in [0.1, 0.15) is 0 Å². The summed E-state index contributed by atoms with van der Waals surface area (Å²) in [5.74, 6) is 0.485. The molecule has 1 aromatic carbocycles. The van der Waals surface area contributed by atoms with Gasteiger partial charge in [-0.05, 0) is 30.0 Å². The highest BCUT2D eigenvalue weighted by atomic mass is 32.2. The van der Waals surface area contributed by atoms with Gasteiger partial charge >= 0.3 is 0 Å². The van der Waals surface area contributed by atoms with E-state index >= 15 is 0 Å². The van der Waals surface area contributed by atoms with Crippen molar-refractivity contribution in [1.29, 1.82) is 0 Å². The van der Waals surface area contributed by atoms with Crippen LogP contribution in [-0.4, -0.2) is 15.0 Å². The molecule has 0 spiro atoms. The van der Waals surface area contributed by atoms with Crippen LogP contribution in [0.5, 0.6) is 0 Å². The first kappa shape index (κ1) is 10.2. The number of fused-ring (bicyclic) bond motifs is 1. The Morgan fingerprint density at radius 2 is 2.06 bits per heavy atom. The highest BCUT2D eigenvalue weighted by Crippen LogP contribution is 2.27. The molecule has 2 aromatic heterocycles. The molecule has 3 rings (SSSR count). The van der Waals surface area contributed by atoms with Gasteiger partial charge in [0, 0.05) is 17.1 Å². The number of aromatic amines is 1. The molecule has 0 saturated heterocycles. The highest BCUT2D eigenvalue weighted by Gasteiger charge is 2.04. The minimum atomic E-state index is 0.485. The number of anilines is 1. The minimum Gasteiger partial charge on any atom is -0.384 e. The Hall–Kier alpha value is -2.01. The summed E-state index contributed by atoms with van der Waals surface area (Å²) in [5, 5.41) is 2.84. The molecular formula is C12H10N4S. The van der Waals surface area contributed by atoms with Gasteiger partial charge in [-0.2, -0.15) is 0 Å². The molecule has 17 heavy (non-hydrogen) atoms. The Kier molecular flexibility index (Phi) is 2.45. The number of hydrogen-bond acceptors (Lipinski definition) is 4. The van der Waals surface area contributed by atoms with Crippen LogP contribution in [0.25, 0.3) is 10.9 Å². The predicted molar refractivity (Wildman–Crippen MR) is 68.9 cm³/mol. The molecule has 0 aliphatic rings. The molecule has 5 heteroatoms. The Bertz CT molecular complexity index is 629. The van der Waals surface area contributed by atoms with E-state index in [1.807, 2.05) is 18.2 Å². The molecule has 0 aliphatic heterocycles. The minimum absolute atomic E-state index is 0.485. The standard InChI is InChI=1S/C12H10N4S/c13-10-5-6-14-12(16-10)17-11-7-8-3-1-2-4-9(8)15-11/h1-7,15H,(H2,13,14,16). The lowest BCUT2D eigenvalue weighted by Gasteiger charge is -1.97. The number of nitrogens with zero attached hydrogens (tertiary/aromatic N) is 2. The van der Waals surface area contributed by atoms with Crippen LogP contribution in [0.3, 0.4) is 0 Å². The van der Waals surface area contributed by atoms with E-state index < -0.39 is 0 Å². The van der Waals surface area contributed by atoms with Crippen molar-refractivity contribution in [1.82, 2.24) is 15.0 Å².